The van der Waals surface area contributed by atoms with E-state index in [1.807, 2.05) is 29.1 Å². The van der Waals surface area contributed by atoms with Crippen molar-refractivity contribution in [3.05, 3.63) is 76.2 Å². The second-order valence-electron chi connectivity index (χ2n) is 7.94. The predicted molar refractivity (Wildman–Crippen MR) is 127 cm³/mol. The van der Waals surface area contributed by atoms with Gasteiger partial charge in [0.1, 0.15) is 0 Å². The SMILES string of the molecule is Cc1cc(C(=O)N2CCN(S(=O)(=O)c3ccccc3)CC2)c2cnn(Cc3cccs3)c2n1. The molecule has 0 aliphatic carbocycles. The molecule has 4 heterocycles. The minimum Gasteiger partial charge on any atom is -0.336 e. The van der Waals surface area contributed by atoms with Gasteiger partial charge >= 0.3 is 0 Å². The summed E-state index contributed by atoms with van der Waals surface area (Å²) in [4.78, 5) is 21.2. The number of amides is 1. The smallest absolute Gasteiger partial charge is 0.254 e. The molecule has 0 unspecified atom stereocenters. The van der Waals surface area contributed by atoms with Crippen LogP contribution in [0.2, 0.25) is 0 Å². The van der Waals surface area contributed by atoms with Crippen molar-refractivity contribution in [2.75, 3.05) is 26.2 Å². The third kappa shape index (κ3) is 4.17. The van der Waals surface area contributed by atoms with Crippen molar-refractivity contribution in [1.82, 2.24) is 24.0 Å². The maximum atomic E-state index is 13.4. The molecule has 0 N–H and O–H groups in total. The average molecular weight is 482 g/mol. The van der Waals surface area contributed by atoms with Crippen LogP contribution in [0.25, 0.3) is 11.0 Å². The lowest BCUT2D eigenvalue weighted by Crippen LogP contribution is -2.50. The van der Waals surface area contributed by atoms with Crippen LogP contribution in [0.5, 0.6) is 0 Å². The van der Waals surface area contributed by atoms with Crippen molar-refractivity contribution >= 4 is 38.3 Å². The molecule has 1 saturated heterocycles. The first kappa shape index (κ1) is 21.7. The van der Waals surface area contributed by atoms with E-state index in [-0.39, 0.29) is 23.9 Å². The molecule has 0 radical (unpaired) electrons. The van der Waals surface area contributed by atoms with Gasteiger partial charge in [0, 0.05) is 36.8 Å². The largest absolute Gasteiger partial charge is 0.336 e. The number of nitrogens with zero attached hydrogens (tertiary/aromatic N) is 5. The summed E-state index contributed by atoms with van der Waals surface area (Å²) in [6.45, 7) is 3.64. The molecule has 0 bridgehead atoms. The lowest BCUT2D eigenvalue weighted by Gasteiger charge is -2.34. The number of sulfonamides is 1. The van der Waals surface area contributed by atoms with Gasteiger partial charge in [-0.25, -0.2) is 18.1 Å². The molecule has 8 nitrogen and oxygen atoms in total. The monoisotopic (exact) mass is 481 g/mol. The lowest BCUT2D eigenvalue weighted by atomic mass is 10.1. The average Bonchev–Trinajstić information content (AvgIpc) is 3.49. The Kier molecular flexibility index (Phi) is 5.73. The number of thiophene rings is 1. The van der Waals surface area contributed by atoms with Crippen molar-refractivity contribution in [3.63, 3.8) is 0 Å². The number of piperazine rings is 1. The van der Waals surface area contributed by atoms with Crippen molar-refractivity contribution < 1.29 is 13.2 Å². The van der Waals surface area contributed by atoms with Crippen molar-refractivity contribution in [2.24, 2.45) is 0 Å². The minimum absolute atomic E-state index is 0.127. The van der Waals surface area contributed by atoms with Crippen LogP contribution in [0, 0.1) is 6.92 Å². The number of carbonyl (C=O) groups is 1. The maximum absolute atomic E-state index is 13.4. The zero-order chi connectivity index (χ0) is 23.0. The van der Waals surface area contributed by atoms with Crippen molar-refractivity contribution in [1.29, 1.82) is 0 Å². The molecule has 1 amide bonds. The van der Waals surface area contributed by atoms with E-state index in [4.69, 9.17) is 0 Å². The number of fused-ring (bicyclic) bond motifs is 1. The second-order valence-corrected chi connectivity index (χ2v) is 10.9. The minimum atomic E-state index is -3.57. The third-order valence-electron chi connectivity index (χ3n) is 5.76. The van der Waals surface area contributed by atoms with Crippen LogP contribution in [-0.2, 0) is 16.6 Å². The summed E-state index contributed by atoms with van der Waals surface area (Å²) in [5, 5.41) is 7.21. The van der Waals surface area contributed by atoms with Gasteiger partial charge in [-0.05, 0) is 36.6 Å². The fourth-order valence-electron chi connectivity index (χ4n) is 4.06. The van der Waals surface area contributed by atoms with Gasteiger partial charge in [0.25, 0.3) is 5.91 Å². The van der Waals surface area contributed by atoms with Crippen LogP contribution in [-0.4, -0.2) is 64.5 Å². The Labute approximate surface area is 196 Å². The van der Waals surface area contributed by atoms with Crippen LogP contribution in [0.3, 0.4) is 0 Å². The van der Waals surface area contributed by atoms with Crippen LogP contribution < -0.4 is 0 Å². The van der Waals surface area contributed by atoms with Gasteiger partial charge in [0.05, 0.1) is 28.6 Å². The molecule has 10 heteroatoms. The molecule has 1 aliphatic heterocycles. The Morgan fingerprint density at radius 2 is 1.82 bits per heavy atom. The zero-order valence-electron chi connectivity index (χ0n) is 18.1. The number of rotatable bonds is 5. The summed E-state index contributed by atoms with van der Waals surface area (Å²) in [7, 11) is -3.57. The molecule has 1 fully saturated rings. The van der Waals surface area contributed by atoms with E-state index in [9.17, 15) is 13.2 Å². The number of carbonyl (C=O) groups excluding carboxylic acids is 1. The molecule has 3 aromatic heterocycles. The van der Waals surface area contributed by atoms with Crippen LogP contribution in [0.1, 0.15) is 20.9 Å². The first-order valence-corrected chi connectivity index (χ1v) is 13.0. The van der Waals surface area contributed by atoms with E-state index in [2.05, 4.69) is 10.1 Å². The number of aryl methyl sites for hydroxylation is 1. The Morgan fingerprint density at radius 3 is 2.52 bits per heavy atom. The number of benzene rings is 1. The van der Waals surface area contributed by atoms with E-state index in [0.717, 1.165) is 10.6 Å². The van der Waals surface area contributed by atoms with Crippen LogP contribution in [0.15, 0.2) is 65.0 Å². The van der Waals surface area contributed by atoms with Crippen LogP contribution in [0.4, 0.5) is 0 Å². The number of hydrogen-bond acceptors (Lipinski definition) is 6. The highest BCUT2D eigenvalue weighted by molar-refractivity contribution is 7.89. The normalized spacial score (nSPS) is 15.2. The van der Waals surface area contributed by atoms with E-state index < -0.39 is 10.0 Å². The molecule has 0 atom stereocenters. The molecular formula is C23H23N5O3S2. The molecular weight excluding hydrogens is 458 g/mol. The lowest BCUT2D eigenvalue weighted by molar-refractivity contribution is 0.0699. The Balaban J connectivity index is 1.36. The van der Waals surface area contributed by atoms with Gasteiger partial charge in [0.15, 0.2) is 5.65 Å². The Hall–Kier alpha value is -3.08. The second kappa shape index (κ2) is 8.69. The number of pyridine rings is 1. The van der Waals surface area contributed by atoms with Crippen molar-refractivity contribution in [3.8, 4) is 0 Å². The third-order valence-corrected chi connectivity index (χ3v) is 8.53. The summed E-state index contributed by atoms with van der Waals surface area (Å²) < 4.78 is 29.0. The standard InChI is InChI=1S/C23H23N5O3S2/c1-17-14-20(21-15-24-28(22(21)25-17)16-18-6-5-13-32-18)23(29)26-9-11-27(12-10-26)33(30,31)19-7-3-2-4-8-19/h2-8,13-15H,9-12,16H2,1H3. The number of aromatic nitrogens is 3. The maximum Gasteiger partial charge on any atom is 0.254 e. The highest BCUT2D eigenvalue weighted by Gasteiger charge is 2.31. The summed E-state index contributed by atoms with van der Waals surface area (Å²) in [6.07, 6.45) is 1.69. The first-order valence-electron chi connectivity index (χ1n) is 10.6. The molecule has 0 saturated carbocycles. The Morgan fingerprint density at radius 1 is 1.06 bits per heavy atom. The summed E-state index contributed by atoms with van der Waals surface area (Å²) in [5.74, 6) is -0.127. The topological polar surface area (TPSA) is 88.4 Å². The van der Waals surface area contributed by atoms with E-state index in [0.29, 0.717) is 36.2 Å². The molecule has 1 aliphatic rings. The first-order chi connectivity index (χ1) is 15.9. The fraction of sp³-hybridized carbons (Fsp3) is 0.261. The summed E-state index contributed by atoms with van der Waals surface area (Å²) >= 11 is 1.65. The highest BCUT2D eigenvalue weighted by atomic mass is 32.2. The molecule has 4 aromatic rings. The molecule has 0 spiro atoms. The van der Waals surface area contributed by atoms with Crippen molar-refractivity contribution in [2.45, 2.75) is 18.4 Å². The van der Waals surface area contributed by atoms with Gasteiger partial charge in [-0.1, -0.05) is 24.3 Å². The van der Waals surface area contributed by atoms with Gasteiger partial charge in [0.2, 0.25) is 10.0 Å². The summed E-state index contributed by atoms with van der Waals surface area (Å²) in [5.41, 5.74) is 1.97. The molecule has 170 valence electrons. The van der Waals surface area contributed by atoms with Gasteiger partial charge in [-0.15, -0.1) is 11.3 Å². The predicted octanol–water partition coefficient (Wildman–Crippen LogP) is 3.00. The van der Waals surface area contributed by atoms with E-state index in [1.165, 1.54) is 4.31 Å². The van der Waals surface area contributed by atoms with Crippen LogP contribution >= 0.6 is 11.3 Å². The summed E-state index contributed by atoms with van der Waals surface area (Å²) in [6, 6.07) is 14.2. The van der Waals surface area contributed by atoms with Gasteiger partial charge < -0.3 is 4.90 Å². The molecule has 1 aromatic carbocycles. The zero-order valence-corrected chi connectivity index (χ0v) is 19.7. The Bertz CT molecular complexity index is 1390. The van der Waals surface area contributed by atoms with Gasteiger partial charge in [-0.2, -0.15) is 9.40 Å². The highest BCUT2D eigenvalue weighted by Crippen LogP contribution is 2.23. The van der Waals surface area contributed by atoms with E-state index in [1.54, 1.807) is 58.8 Å². The van der Waals surface area contributed by atoms with Gasteiger partial charge in [-0.3, -0.25) is 4.79 Å². The molecule has 5 rings (SSSR count). The van der Waals surface area contributed by atoms with E-state index >= 15 is 0 Å². The molecule has 33 heavy (non-hydrogen) atoms. The number of hydrogen-bond donors (Lipinski definition) is 0. The quantitative estimate of drug-likeness (QED) is 0.437. The fourth-order valence-corrected chi connectivity index (χ4v) is 6.19.